The van der Waals surface area contributed by atoms with Gasteiger partial charge in [-0.3, -0.25) is 4.90 Å². The van der Waals surface area contributed by atoms with Gasteiger partial charge in [0.05, 0.1) is 0 Å². The predicted molar refractivity (Wildman–Crippen MR) is 75.9 cm³/mol. The maximum Gasteiger partial charge on any atom is 0.0406 e. The lowest BCUT2D eigenvalue weighted by atomic mass is 10.1. The van der Waals surface area contributed by atoms with Crippen molar-refractivity contribution in [3.05, 3.63) is 34.9 Å². The Kier molecular flexibility index (Phi) is 3.60. The van der Waals surface area contributed by atoms with E-state index in [1.165, 1.54) is 31.4 Å². The van der Waals surface area contributed by atoms with Gasteiger partial charge in [0.2, 0.25) is 0 Å². The Hall–Kier alpha value is -0.570. The molecule has 1 heterocycles. The zero-order valence-corrected chi connectivity index (χ0v) is 11.7. The molecule has 1 saturated carbocycles. The van der Waals surface area contributed by atoms with E-state index >= 15 is 0 Å². The second-order valence-electron chi connectivity index (χ2n) is 5.72. The summed E-state index contributed by atoms with van der Waals surface area (Å²) in [4.78, 5) is 2.68. The maximum absolute atomic E-state index is 5.89. The van der Waals surface area contributed by atoms with E-state index in [1.807, 2.05) is 12.1 Å². The second kappa shape index (κ2) is 5.20. The van der Waals surface area contributed by atoms with Crippen molar-refractivity contribution in [2.24, 2.45) is 0 Å². The van der Waals surface area contributed by atoms with E-state index in [4.69, 9.17) is 11.6 Å². The number of likely N-dealkylation sites (tertiary alicyclic amines) is 1. The minimum absolute atomic E-state index is 0.649. The molecule has 2 nitrogen and oxygen atoms in total. The molecule has 0 spiro atoms. The summed E-state index contributed by atoms with van der Waals surface area (Å²) in [7, 11) is 0. The highest BCUT2D eigenvalue weighted by Crippen LogP contribution is 2.33. The quantitative estimate of drug-likeness (QED) is 0.899. The fourth-order valence-corrected chi connectivity index (χ4v) is 3.11. The Morgan fingerprint density at radius 2 is 2.00 bits per heavy atom. The summed E-state index contributed by atoms with van der Waals surface area (Å²) in [5, 5.41) is 4.49. The number of benzene rings is 1. The minimum atomic E-state index is 0.649. The smallest absolute Gasteiger partial charge is 0.0406 e. The average molecular weight is 265 g/mol. The first-order chi connectivity index (χ1) is 8.72. The molecule has 1 N–H and O–H groups in total. The van der Waals surface area contributed by atoms with E-state index in [0.717, 1.165) is 23.7 Å². The van der Waals surface area contributed by atoms with Gasteiger partial charge in [-0.2, -0.15) is 0 Å². The monoisotopic (exact) mass is 264 g/mol. The Morgan fingerprint density at radius 1 is 1.28 bits per heavy atom. The van der Waals surface area contributed by atoms with Crippen molar-refractivity contribution in [1.82, 2.24) is 10.2 Å². The molecule has 2 unspecified atom stereocenters. The van der Waals surface area contributed by atoms with Crippen molar-refractivity contribution in [2.45, 2.75) is 50.9 Å². The van der Waals surface area contributed by atoms with Gasteiger partial charge in [-0.15, -0.1) is 0 Å². The summed E-state index contributed by atoms with van der Waals surface area (Å²) in [6.07, 6.45) is 4.10. The first kappa shape index (κ1) is 12.5. The third kappa shape index (κ3) is 2.87. The second-order valence-corrected chi connectivity index (χ2v) is 6.15. The summed E-state index contributed by atoms with van der Waals surface area (Å²) in [5.74, 6) is 0. The van der Waals surface area contributed by atoms with Gasteiger partial charge in [0.15, 0.2) is 0 Å². The molecule has 1 aromatic rings. The van der Waals surface area contributed by atoms with Crippen LogP contribution in [0.15, 0.2) is 24.3 Å². The molecule has 0 amide bonds. The van der Waals surface area contributed by atoms with Crippen LogP contribution in [0.1, 0.15) is 31.7 Å². The van der Waals surface area contributed by atoms with Crippen LogP contribution in [0.25, 0.3) is 0 Å². The number of rotatable bonds is 4. The predicted octanol–water partition coefficient (Wildman–Crippen LogP) is 3.05. The lowest BCUT2D eigenvalue weighted by Gasteiger charge is -2.19. The third-order valence-corrected chi connectivity index (χ3v) is 4.40. The van der Waals surface area contributed by atoms with Gasteiger partial charge in [-0.1, -0.05) is 23.7 Å². The summed E-state index contributed by atoms with van der Waals surface area (Å²) >= 11 is 5.89. The van der Waals surface area contributed by atoms with Crippen LogP contribution in [0, 0.1) is 0 Å². The molecule has 3 rings (SSSR count). The molecule has 1 aliphatic heterocycles. The highest BCUT2D eigenvalue weighted by atomic mass is 35.5. The van der Waals surface area contributed by atoms with Gasteiger partial charge in [0.25, 0.3) is 0 Å². The molecule has 0 radical (unpaired) electrons. The zero-order chi connectivity index (χ0) is 12.5. The van der Waals surface area contributed by atoms with Crippen LogP contribution >= 0.6 is 11.6 Å². The van der Waals surface area contributed by atoms with Crippen molar-refractivity contribution in [1.29, 1.82) is 0 Å². The van der Waals surface area contributed by atoms with Gasteiger partial charge >= 0.3 is 0 Å². The van der Waals surface area contributed by atoms with E-state index in [1.54, 1.807) is 0 Å². The maximum atomic E-state index is 5.89. The number of halogens is 1. The minimum Gasteiger partial charge on any atom is -0.309 e. The van der Waals surface area contributed by atoms with E-state index < -0.39 is 0 Å². The molecular formula is C15H21ClN2. The largest absolute Gasteiger partial charge is 0.309 e. The molecule has 2 aliphatic rings. The topological polar surface area (TPSA) is 15.3 Å². The van der Waals surface area contributed by atoms with Crippen molar-refractivity contribution >= 4 is 11.6 Å². The van der Waals surface area contributed by atoms with Crippen LogP contribution in [0.4, 0.5) is 0 Å². The zero-order valence-electron chi connectivity index (χ0n) is 10.9. The standard InChI is InChI=1S/C15H21ClN2/c1-11-8-14(10-18(11)15-6-7-15)17-9-12-2-4-13(16)5-3-12/h2-5,11,14-15,17H,6-10H2,1H3. The Labute approximate surface area is 114 Å². The van der Waals surface area contributed by atoms with Gasteiger partial charge in [0, 0.05) is 36.2 Å². The molecule has 98 valence electrons. The van der Waals surface area contributed by atoms with Crippen molar-refractivity contribution in [3.63, 3.8) is 0 Å². The Morgan fingerprint density at radius 3 is 2.67 bits per heavy atom. The number of nitrogens with one attached hydrogen (secondary N) is 1. The van der Waals surface area contributed by atoms with Gasteiger partial charge in [-0.05, 0) is 43.9 Å². The van der Waals surface area contributed by atoms with Crippen LogP contribution in [0.3, 0.4) is 0 Å². The van der Waals surface area contributed by atoms with Gasteiger partial charge in [-0.25, -0.2) is 0 Å². The van der Waals surface area contributed by atoms with Gasteiger partial charge < -0.3 is 5.32 Å². The van der Waals surface area contributed by atoms with E-state index in [2.05, 4.69) is 29.3 Å². The number of hydrogen-bond donors (Lipinski definition) is 1. The highest BCUT2D eigenvalue weighted by molar-refractivity contribution is 6.30. The van der Waals surface area contributed by atoms with E-state index in [-0.39, 0.29) is 0 Å². The molecule has 3 heteroatoms. The average Bonchev–Trinajstić information content (AvgIpc) is 3.13. The normalized spacial score (nSPS) is 28.8. The molecule has 1 aromatic carbocycles. The number of nitrogens with zero attached hydrogens (tertiary/aromatic N) is 1. The molecular weight excluding hydrogens is 244 g/mol. The molecule has 1 aliphatic carbocycles. The Bertz CT molecular complexity index is 399. The molecule has 0 bridgehead atoms. The third-order valence-electron chi connectivity index (χ3n) is 4.15. The lowest BCUT2D eigenvalue weighted by molar-refractivity contribution is 0.255. The SMILES string of the molecule is CC1CC(NCc2ccc(Cl)cc2)CN1C1CC1. The fraction of sp³-hybridized carbons (Fsp3) is 0.600. The summed E-state index contributed by atoms with van der Waals surface area (Å²) in [5.41, 5.74) is 1.32. The Balaban J connectivity index is 1.50. The van der Waals surface area contributed by atoms with Gasteiger partial charge in [0.1, 0.15) is 0 Å². The summed E-state index contributed by atoms with van der Waals surface area (Å²) in [6.45, 7) is 4.54. The lowest BCUT2D eigenvalue weighted by Crippen LogP contribution is -2.33. The van der Waals surface area contributed by atoms with Crippen LogP contribution < -0.4 is 5.32 Å². The van der Waals surface area contributed by atoms with E-state index in [0.29, 0.717) is 6.04 Å². The molecule has 1 saturated heterocycles. The molecule has 18 heavy (non-hydrogen) atoms. The molecule has 2 fully saturated rings. The molecule has 2 atom stereocenters. The van der Waals surface area contributed by atoms with Crippen molar-refractivity contribution < 1.29 is 0 Å². The summed E-state index contributed by atoms with van der Waals surface area (Å²) in [6, 6.07) is 10.4. The fourth-order valence-electron chi connectivity index (χ4n) is 2.98. The first-order valence-electron chi connectivity index (χ1n) is 6.96. The summed E-state index contributed by atoms with van der Waals surface area (Å²) < 4.78 is 0. The van der Waals surface area contributed by atoms with Crippen LogP contribution in [-0.2, 0) is 6.54 Å². The van der Waals surface area contributed by atoms with Crippen LogP contribution in [-0.4, -0.2) is 29.6 Å². The van der Waals surface area contributed by atoms with Crippen molar-refractivity contribution in [2.75, 3.05) is 6.54 Å². The van der Waals surface area contributed by atoms with Crippen LogP contribution in [0.5, 0.6) is 0 Å². The van der Waals surface area contributed by atoms with Crippen molar-refractivity contribution in [3.8, 4) is 0 Å². The van der Waals surface area contributed by atoms with Crippen LogP contribution in [0.2, 0.25) is 5.02 Å². The highest BCUT2D eigenvalue weighted by Gasteiger charge is 2.38. The molecule has 0 aromatic heterocycles. The van der Waals surface area contributed by atoms with E-state index in [9.17, 15) is 0 Å². The first-order valence-corrected chi connectivity index (χ1v) is 7.34. The number of hydrogen-bond acceptors (Lipinski definition) is 2.